The highest BCUT2D eigenvalue weighted by atomic mass is 31.1. The van der Waals surface area contributed by atoms with Crippen molar-refractivity contribution in [1.29, 1.82) is 0 Å². The Bertz CT molecular complexity index is 910. The Kier molecular flexibility index (Phi) is 5.72. The Hall–Kier alpha value is -3.04. The monoisotopic (exact) mass is 368 g/mol. The van der Waals surface area contributed by atoms with Gasteiger partial charge in [0.05, 0.1) is 5.56 Å². The maximum Gasteiger partial charge on any atom is 0.418 e. The van der Waals surface area contributed by atoms with Crippen LogP contribution in [0.3, 0.4) is 0 Å². The van der Waals surface area contributed by atoms with Crippen LogP contribution in [0.1, 0.15) is 15.9 Å². The molecule has 5 nitrogen and oxygen atoms in total. The van der Waals surface area contributed by atoms with Crippen molar-refractivity contribution in [3.63, 3.8) is 0 Å². The first-order chi connectivity index (χ1) is 12.6. The molecule has 3 aromatic rings. The van der Waals surface area contributed by atoms with Crippen LogP contribution in [0, 0.1) is 0 Å². The standard InChI is InChI=1S/C20H17O5P/c21-19(13-15-7-3-1-4-8-15)18-12-11-17(14-20(18)22)25-26(23)24-16-9-5-2-6-10-16/h1-12,14,22,26H,13H2. The molecule has 1 N–H and O–H groups in total. The number of rotatable bonds is 7. The maximum absolute atomic E-state index is 12.3. The summed E-state index contributed by atoms with van der Waals surface area (Å²) in [6.45, 7) is 0. The van der Waals surface area contributed by atoms with Crippen molar-refractivity contribution in [2.75, 3.05) is 0 Å². The Balaban J connectivity index is 1.65. The van der Waals surface area contributed by atoms with Gasteiger partial charge in [-0.05, 0) is 29.8 Å². The normalized spacial score (nSPS) is 11.5. The molecule has 0 saturated carbocycles. The van der Waals surface area contributed by atoms with E-state index in [2.05, 4.69) is 0 Å². The highest BCUT2D eigenvalue weighted by molar-refractivity contribution is 7.34. The van der Waals surface area contributed by atoms with Gasteiger partial charge in [-0.15, -0.1) is 0 Å². The van der Waals surface area contributed by atoms with Gasteiger partial charge in [0.25, 0.3) is 0 Å². The number of ketones is 1. The average molecular weight is 368 g/mol. The third-order valence-electron chi connectivity index (χ3n) is 3.62. The van der Waals surface area contributed by atoms with Crippen molar-refractivity contribution in [1.82, 2.24) is 0 Å². The topological polar surface area (TPSA) is 72.8 Å². The number of hydrogen-bond donors (Lipinski definition) is 1. The quantitative estimate of drug-likeness (QED) is 0.485. The van der Waals surface area contributed by atoms with Gasteiger partial charge in [0.15, 0.2) is 5.78 Å². The molecule has 0 aliphatic rings. The molecule has 0 fully saturated rings. The zero-order valence-electron chi connectivity index (χ0n) is 13.8. The molecule has 1 atom stereocenters. The number of para-hydroxylation sites is 1. The number of benzene rings is 3. The van der Waals surface area contributed by atoms with Crippen LogP contribution in [0.5, 0.6) is 17.2 Å². The zero-order chi connectivity index (χ0) is 18.4. The summed E-state index contributed by atoms with van der Waals surface area (Å²) in [6, 6.07) is 22.1. The van der Waals surface area contributed by atoms with Gasteiger partial charge in [-0.3, -0.25) is 4.79 Å². The Morgan fingerprint density at radius 1 is 0.846 bits per heavy atom. The molecular weight excluding hydrogens is 351 g/mol. The van der Waals surface area contributed by atoms with E-state index in [1.807, 2.05) is 36.4 Å². The van der Waals surface area contributed by atoms with Crippen LogP contribution >= 0.6 is 8.25 Å². The minimum atomic E-state index is -2.84. The van der Waals surface area contributed by atoms with Crippen LogP contribution < -0.4 is 9.05 Å². The van der Waals surface area contributed by atoms with Gasteiger partial charge < -0.3 is 14.2 Å². The predicted molar refractivity (Wildman–Crippen MR) is 99.3 cm³/mol. The molecule has 0 aromatic heterocycles. The van der Waals surface area contributed by atoms with E-state index in [4.69, 9.17) is 9.05 Å². The van der Waals surface area contributed by atoms with Gasteiger partial charge in [-0.2, -0.15) is 0 Å². The van der Waals surface area contributed by atoms with E-state index in [9.17, 15) is 14.5 Å². The molecule has 0 spiro atoms. The van der Waals surface area contributed by atoms with Crippen LogP contribution in [0.4, 0.5) is 0 Å². The van der Waals surface area contributed by atoms with E-state index in [1.54, 1.807) is 24.3 Å². The van der Waals surface area contributed by atoms with E-state index in [-0.39, 0.29) is 29.3 Å². The minimum Gasteiger partial charge on any atom is -0.507 e. The number of hydrogen-bond acceptors (Lipinski definition) is 5. The molecule has 0 heterocycles. The molecule has 6 heteroatoms. The predicted octanol–water partition coefficient (Wildman–Crippen LogP) is 4.67. The number of Topliss-reactive ketones (excluding diaryl/α,β-unsaturated/α-hetero) is 1. The maximum atomic E-state index is 12.3. The number of carbonyl (C=O) groups excluding carboxylic acids is 1. The Morgan fingerprint density at radius 3 is 2.12 bits per heavy atom. The first-order valence-corrected chi connectivity index (χ1v) is 9.19. The first kappa shape index (κ1) is 17.8. The Morgan fingerprint density at radius 2 is 1.46 bits per heavy atom. The molecule has 0 bridgehead atoms. The van der Waals surface area contributed by atoms with Crippen LogP contribution in [0.2, 0.25) is 0 Å². The summed E-state index contributed by atoms with van der Waals surface area (Å²) in [5.41, 5.74) is 1.04. The van der Waals surface area contributed by atoms with Crippen molar-refractivity contribution in [2.24, 2.45) is 0 Å². The van der Waals surface area contributed by atoms with Crippen molar-refractivity contribution in [3.8, 4) is 17.2 Å². The molecule has 0 amide bonds. The highest BCUT2D eigenvalue weighted by Gasteiger charge is 2.14. The lowest BCUT2D eigenvalue weighted by molar-refractivity contribution is 0.0990. The molecule has 0 aliphatic heterocycles. The van der Waals surface area contributed by atoms with Crippen LogP contribution in [-0.2, 0) is 11.0 Å². The number of phenols is 1. The minimum absolute atomic E-state index is 0.165. The molecule has 0 saturated heterocycles. The summed E-state index contributed by atoms with van der Waals surface area (Å²) in [5, 5.41) is 10.1. The number of aromatic hydroxyl groups is 1. The van der Waals surface area contributed by atoms with Crippen LogP contribution in [-0.4, -0.2) is 10.9 Å². The van der Waals surface area contributed by atoms with E-state index in [0.717, 1.165) is 5.56 Å². The average Bonchev–Trinajstić information content (AvgIpc) is 2.63. The number of carbonyl (C=O) groups is 1. The molecule has 3 rings (SSSR count). The van der Waals surface area contributed by atoms with Crippen LogP contribution in [0.15, 0.2) is 78.9 Å². The van der Waals surface area contributed by atoms with E-state index >= 15 is 0 Å². The van der Waals surface area contributed by atoms with Gasteiger partial charge in [0, 0.05) is 12.5 Å². The Labute approximate surface area is 151 Å². The smallest absolute Gasteiger partial charge is 0.418 e. The summed E-state index contributed by atoms with van der Waals surface area (Å²) in [5.74, 6) is 0.153. The van der Waals surface area contributed by atoms with E-state index < -0.39 is 8.25 Å². The molecule has 1 unspecified atom stereocenters. The lowest BCUT2D eigenvalue weighted by Gasteiger charge is -2.10. The van der Waals surface area contributed by atoms with Crippen molar-refractivity contribution >= 4 is 14.0 Å². The first-order valence-electron chi connectivity index (χ1n) is 7.96. The second kappa shape index (κ2) is 8.37. The van der Waals surface area contributed by atoms with Gasteiger partial charge >= 0.3 is 8.25 Å². The fraction of sp³-hybridized carbons (Fsp3) is 0.0500. The van der Waals surface area contributed by atoms with Gasteiger partial charge in [-0.1, -0.05) is 48.5 Å². The fourth-order valence-electron chi connectivity index (χ4n) is 2.39. The summed E-state index contributed by atoms with van der Waals surface area (Å²) in [4.78, 5) is 12.3. The lowest BCUT2D eigenvalue weighted by Crippen LogP contribution is -2.03. The van der Waals surface area contributed by atoms with Crippen molar-refractivity contribution in [2.45, 2.75) is 6.42 Å². The molecular formula is C20H17O5P. The molecule has 0 radical (unpaired) electrons. The third-order valence-corrected chi connectivity index (χ3v) is 4.43. The summed E-state index contributed by atoms with van der Waals surface area (Å²) in [7, 11) is -2.84. The van der Waals surface area contributed by atoms with Crippen LogP contribution in [0.25, 0.3) is 0 Å². The molecule has 132 valence electrons. The third kappa shape index (κ3) is 4.74. The van der Waals surface area contributed by atoms with Gasteiger partial charge in [0.2, 0.25) is 0 Å². The highest BCUT2D eigenvalue weighted by Crippen LogP contribution is 2.33. The van der Waals surface area contributed by atoms with Gasteiger partial charge in [0.1, 0.15) is 17.2 Å². The molecule has 0 aliphatic carbocycles. The summed E-state index contributed by atoms with van der Waals surface area (Å²) in [6.07, 6.45) is 0.183. The summed E-state index contributed by atoms with van der Waals surface area (Å²) >= 11 is 0. The number of phenolic OH excluding ortho intramolecular Hbond substituents is 1. The second-order valence-electron chi connectivity index (χ2n) is 5.53. The second-order valence-corrected chi connectivity index (χ2v) is 6.44. The van der Waals surface area contributed by atoms with Crippen molar-refractivity contribution in [3.05, 3.63) is 90.0 Å². The molecule has 26 heavy (non-hydrogen) atoms. The lowest BCUT2D eigenvalue weighted by atomic mass is 10.0. The zero-order valence-corrected chi connectivity index (χ0v) is 14.8. The van der Waals surface area contributed by atoms with E-state index in [0.29, 0.717) is 5.75 Å². The SMILES string of the molecule is O=C(Cc1ccccc1)c1ccc(O[PH](=O)Oc2ccccc2)cc1O. The summed E-state index contributed by atoms with van der Waals surface area (Å²) < 4.78 is 22.3. The van der Waals surface area contributed by atoms with Crippen molar-refractivity contribution < 1.29 is 23.5 Å². The van der Waals surface area contributed by atoms with E-state index in [1.165, 1.54) is 18.2 Å². The molecule has 3 aromatic carbocycles. The largest absolute Gasteiger partial charge is 0.507 e. The van der Waals surface area contributed by atoms with Gasteiger partial charge in [-0.25, -0.2) is 4.57 Å². The fourth-order valence-corrected chi connectivity index (χ4v) is 3.08.